The molecule has 0 aromatic carbocycles. The van der Waals surface area contributed by atoms with Crippen molar-refractivity contribution in [3.63, 3.8) is 0 Å². The van der Waals surface area contributed by atoms with Crippen LogP contribution < -0.4 is 4.90 Å². The fourth-order valence-corrected chi connectivity index (χ4v) is 3.90. The highest BCUT2D eigenvalue weighted by Crippen LogP contribution is 2.35. The molecule has 0 unspecified atom stereocenters. The monoisotopic (exact) mass is 355 g/mol. The molecule has 7 nitrogen and oxygen atoms in total. The zero-order valence-corrected chi connectivity index (χ0v) is 15.6. The molecule has 0 bridgehead atoms. The molecule has 1 saturated carbocycles. The van der Waals surface area contributed by atoms with Crippen LogP contribution in [-0.2, 0) is 0 Å². The average Bonchev–Trinajstić information content (AvgIpc) is 3.40. The molecule has 2 aliphatic rings. The van der Waals surface area contributed by atoms with E-state index in [1.54, 1.807) is 13.3 Å². The van der Waals surface area contributed by atoms with Crippen LogP contribution >= 0.6 is 0 Å². The minimum Gasteiger partial charge on any atom is -0.361 e. The van der Waals surface area contributed by atoms with Crippen LogP contribution in [0, 0.1) is 20.8 Å². The van der Waals surface area contributed by atoms with Crippen LogP contribution in [0.15, 0.2) is 16.9 Å². The van der Waals surface area contributed by atoms with E-state index in [1.165, 1.54) is 12.8 Å². The molecule has 0 spiro atoms. The van der Waals surface area contributed by atoms with Gasteiger partial charge in [-0.2, -0.15) is 0 Å². The van der Waals surface area contributed by atoms with Crippen LogP contribution in [-0.4, -0.2) is 51.1 Å². The number of anilines is 1. The van der Waals surface area contributed by atoms with Crippen LogP contribution in [0.1, 0.15) is 53.2 Å². The van der Waals surface area contributed by atoms with Gasteiger partial charge in [0.25, 0.3) is 5.91 Å². The molecule has 0 N–H and O–H groups in total. The summed E-state index contributed by atoms with van der Waals surface area (Å²) in [7, 11) is 0. The van der Waals surface area contributed by atoms with Crippen molar-refractivity contribution in [2.24, 2.45) is 0 Å². The van der Waals surface area contributed by atoms with Gasteiger partial charge in [0, 0.05) is 36.9 Å². The molecule has 7 heteroatoms. The molecule has 0 atom stereocenters. The quantitative estimate of drug-likeness (QED) is 0.839. The van der Waals surface area contributed by atoms with Crippen molar-refractivity contribution in [3.8, 4) is 0 Å². The Labute approximate surface area is 153 Å². The predicted molar refractivity (Wildman–Crippen MR) is 97.2 cm³/mol. The maximum absolute atomic E-state index is 12.8. The third-order valence-electron chi connectivity index (χ3n) is 5.39. The molecule has 3 heterocycles. The summed E-state index contributed by atoms with van der Waals surface area (Å²) in [5, 5.41) is 3.91. The molecule has 1 amide bonds. The second kappa shape index (κ2) is 6.70. The minimum absolute atomic E-state index is 0.0375. The van der Waals surface area contributed by atoms with Gasteiger partial charge in [-0.15, -0.1) is 0 Å². The number of carbonyl (C=O) groups is 1. The van der Waals surface area contributed by atoms with Gasteiger partial charge < -0.3 is 14.3 Å². The highest BCUT2D eigenvalue weighted by atomic mass is 16.5. The molecule has 2 aromatic rings. The Bertz CT molecular complexity index is 787. The summed E-state index contributed by atoms with van der Waals surface area (Å²) in [5.41, 5.74) is 2.28. The van der Waals surface area contributed by atoms with Gasteiger partial charge in [-0.05, 0) is 46.5 Å². The van der Waals surface area contributed by atoms with Gasteiger partial charge in [0.1, 0.15) is 23.5 Å². The fourth-order valence-electron chi connectivity index (χ4n) is 3.90. The molecular formula is C19H25N5O2. The number of aryl methyl sites for hydroxylation is 3. The van der Waals surface area contributed by atoms with E-state index >= 15 is 0 Å². The first-order valence-corrected chi connectivity index (χ1v) is 9.33. The largest absolute Gasteiger partial charge is 0.361 e. The average molecular weight is 355 g/mol. The first kappa shape index (κ1) is 17.0. The van der Waals surface area contributed by atoms with Crippen LogP contribution in [0.3, 0.4) is 0 Å². The number of piperidine rings is 1. The zero-order valence-electron chi connectivity index (χ0n) is 15.6. The number of rotatable bonds is 4. The molecule has 2 fully saturated rings. The summed E-state index contributed by atoms with van der Waals surface area (Å²) in [5.74, 6) is 1.66. The highest BCUT2D eigenvalue weighted by Gasteiger charge is 2.37. The van der Waals surface area contributed by atoms with Crippen LogP contribution in [0.2, 0.25) is 0 Å². The lowest BCUT2D eigenvalue weighted by atomic mass is 10.0. The van der Waals surface area contributed by atoms with Gasteiger partial charge in [0.2, 0.25) is 0 Å². The number of hydrogen-bond acceptors (Lipinski definition) is 6. The summed E-state index contributed by atoms with van der Waals surface area (Å²) in [4.78, 5) is 26.0. The second-order valence-corrected chi connectivity index (χ2v) is 7.38. The molecule has 1 aliphatic heterocycles. The third kappa shape index (κ3) is 3.18. The third-order valence-corrected chi connectivity index (χ3v) is 5.39. The number of aromatic nitrogens is 3. The smallest absolute Gasteiger partial charge is 0.259 e. The molecule has 2 aromatic heterocycles. The summed E-state index contributed by atoms with van der Waals surface area (Å²) in [6.07, 6.45) is 6.00. The van der Waals surface area contributed by atoms with Gasteiger partial charge in [-0.1, -0.05) is 5.16 Å². The Balaban J connectivity index is 1.46. The minimum atomic E-state index is 0.0375. The predicted octanol–water partition coefficient (Wildman–Crippen LogP) is 2.66. The number of nitrogens with zero attached hydrogens (tertiary/aromatic N) is 5. The van der Waals surface area contributed by atoms with Gasteiger partial charge >= 0.3 is 0 Å². The number of hydrogen-bond donors (Lipinski definition) is 0. The van der Waals surface area contributed by atoms with E-state index in [1.807, 2.05) is 18.7 Å². The van der Waals surface area contributed by atoms with Gasteiger partial charge in [0.15, 0.2) is 0 Å². The number of carbonyl (C=O) groups excluding carboxylic acids is 1. The van der Waals surface area contributed by atoms with E-state index in [4.69, 9.17) is 4.52 Å². The lowest BCUT2D eigenvalue weighted by Crippen LogP contribution is -2.48. The van der Waals surface area contributed by atoms with Crippen molar-refractivity contribution >= 4 is 11.7 Å². The highest BCUT2D eigenvalue weighted by molar-refractivity contribution is 5.96. The molecule has 26 heavy (non-hydrogen) atoms. The normalized spacial score (nSPS) is 18.2. The van der Waals surface area contributed by atoms with Gasteiger partial charge in [-0.3, -0.25) is 4.79 Å². The first-order valence-electron chi connectivity index (χ1n) is 9.33. The molecule has 0 radical (unpaired) electrons. The standard InChI is InChI=1S/C19H25N5O2/c1-12-10-17(21-11-20-12)24(15-4-5-15)16-6-8-23(9-7-16)19(25)18-13(2)22-26-14(18)3/h10-11,15-16H,4-9H2,1-3H3. The summed E-state index contributed by atoms with van der Waals surface area (Å²) in [6.45, 7) is 7.12. The topological polar surface area (TPSA) is 75.4 Å². The van der Waals surface area contributed by atoms with Crippen LogP contribution in [0.4, 0.5) is 5.82 Å². The summed E-state index contributed by atoms with van der Waals surface area (Å²) < 4.78 is 5.16. The van der Waals surface area contributed by atoms with E-state index in [0.29, 0.717) is 29.1 Å². The Kier molecular flexibility index (Phi) is 4.38. The van der Waals surface area contributed by atoms with Crippen molar-refractivity contribution in [2.75, 3.05) is 18.0 Å². The molecule has 1 saturated heterocycles. The Morgan fingerprint density at radius 3 is 2.38 bits per heavy atom. The lowest BCUT2D eigenvalue weighted by Gasteiger charge is -2.39. The number of amides is 1. The fraction of sp³-hybridized carbons (Fsp3) is 0.579. The second-order valence-electron chi connectivity index (χ2n) is 7.38. The van der Waals surface area contributed by atoms with E-state index < -0.39 is 0 Å². The maximum atomic E-state index is 12.8. The summed E-state index contributed by atoms with van der Waals surface area (Å²) >= 11 is 0. The van der Waals surface area contributed by atoms with Gasteiger partial charge in [-0.25, -0.2) is 9.97 Å². The lowest BCUT2D eigenvalue weighted by molar-refractivity contribution is 0.0709. The summed E-state index contributed by atoms with van der Waals surface area (Å²) in [6, 6.07) is 3.07. The van der Waals surface area contributed by atoms with Crippen molar-refractivity contribution in [1.29, 1.82) is 0 Å². The molecule has 138 valence electrons. The van der Waals surface area contributed by atoms with Gasteiger partial charge in [0.05, 0.1) is 5.69 Å². The molecule has 4 rings (SSSR count). The zero-order chi connectivity index (χ0) is 18.3. The SMILES string of the molecule is Cc1cc(N(C2CC2)C2CCN(C(=O)c3c(C)noc3C)CC2)ncn1. The van der Waals surface area contributed by atoms with Crippen molar-refractivity contribution < 1.29 is 9.32 Å². The Morgan fingerprint density at radius 2 is 1.81 bits per heavy atom. The molecule has 1 aliphatic carbocycles. The van der Waals surface area contributed by atoms with Crippen molar-refractivity contribution in [1.82, 2.24) is 20.0 Å². The van der Waals surface area contributed by atoms with E-state index in [0.717, 1.165) is 37.4 Å². The van der Waals surface area contributed by atoms with E-state index in [2.05, 4.69) is 26.1 Å². The van der Waals surface area contributed by atoms with E-state index in [-0.39, 0.29) is 5.91 Å². The van der Waals surface area contributed by atoms with Crippen LogP contribution in [0.5, 0.6) is 0 Å². The number of likely N-dealkylation sites (tertiary alicyclic amines) is 1. The Hall–Kier alpha value is -2.44. The van der Waals surface area contributed by atoms with Crippen molar-refractivity contribution in [2.45, 2.75) is 58.5 Å². The maximum Gasteiger partial charge on any atom is 0.259 e. The van der Waals surface area contributed by atoms with Crippen LogP contribution in [0.25, 0.3) is 0 Å². The first-order chi connectivity index (χ1) is 12.5. The van der Waals surface area contributed by atoms with Crippen molar-refractivity contribution in [3.05, 3.63) is 35.1 Å². The van der Waals surface area contributed by atoms with E-state index in [9.17, 15) is 4.79 Å². The molecular weight excluding hydrogens is 330 g/mol. The Morgan fingerprint density at radius 1 is 1.12 bits per heavy atom.